The van der Waals surface area contributed by atoms with Crippen molar-refractivity contribution in [2.75, 3.05) is 12.3 Å². The van der Waals surface area contributed by atoms with Crippen LogP contribution in [0.25, 0.3) is 0 Å². The summed E-state index contributed by atoms with van der Waals surface area (Å²) >= 11 is 1.54. The van der Waals surface area contributed by atoms with Crippen molar-refractivity contribution in [3.63, 3.8) is 0 Å². The Kier molecular flexibility index (Phi) is 10.4. The lowest BCUT2D eigenvalue weighted by Gasteiger charge is -2.31. The Morgan fingerprint density at radius 2 is 1.63 bits per heavy atom. The summed E-state index contributed by atoms with van der Waals surface area (Å²) in [5.41, 5.74) is 4.15. The van der Waals surface area contributed by atoms with Gasteiger partial charge in [-0.3, -0.25) is 9.59 Å². The van der Waals surface area contributed by atoms with E-state index in [-0.39, 0.29) is 29.9 Å². The average Bonchev–Trinajstić information content (AvgIpc) is 2.87. The Hall–Kier alpha value is -3.12. The van der Waals surface area contributed by atoms with E-state index in [9.17, 15) is 14.0 Å². The molecule has 35 heavy (non-hydrogen) atoms. The summed E-state index contributed by atoms with van der Waals surface area (Å²) in [6, 6.07) is 23.3. The third-order valence-electron chi connectivity index (χ3n) is 5.83. The number of carbonyl (C=O) groups excluding carboxylic acids is 2. The maximum Gasteiger partial charge on any atom is 0.243 e. The predicted molar refractivity (Wildman–Crippen MR) is 142 cm³/mol. The van der Waals surface area contributed by atoms with E-state index in [2.05, 4.69) is 24.4 Å². The Balaban J connectivity index is 1.83. The van der Waals surface area contributed by atoms with E-state index in [1.165, 1.54) is 23.3 Å². The van der Waals surface area contributed by atoms with Gasteiger partial charge >= 0.3 is 0 Å². The monoisotopic (exact) mass is 492 g/mol. The minimum atomic E-state index is -0.666. The first kappa shape index (κ1) is 26.5. The van der Waals surface area contributed by atoms with Gasteiger partial charge in [-0.15, -0.1) is 11.8 Å². The highest BCUT2D eigenvalue weighted by Crippen LogP contribution is 2.20. The number of rotatable bonds is 12. The summed E-state index contributed by atoms with van der Waals surface area (Å²) in [6.45, 7) is 4.84. The van der Waals surface area contributed by atoms with Gasteiger partial charge in [-0.25, -0.2) is 4.39 Å². The summed E-state index contributed by atoms with van der Waals surface area (Å²) in [4.78, 5) is 28.5. The van der Waals surface area contributed by atoms with Crippen molar-refractivity contribution in [2.24, 2.45) is 0 Å². The van der Waals surface area contributed by atoms with Crippen molar-refractivity contribution < 1.29 is 14.0 Å². The van der Waals surface area contributed by atoms with Crippen LogP contribution in [0.1, 0.15) is 35.6 Å². The molecule has 1 atom stereocenters. The van der Waals surface area contributed by atoms with Crippen LogP contribution in [-0.4, -0.2) is 35.1 Å². The molecule has 0 unspecified atom stereocenters. The average molecular weight is 493 g/mol. The number of nitrogens with zero attached hydrogens (tertiary/aromatic N) is 1. The summed E-state index contributed by atoms with van der Waals surface area (Å²) in [5.74, 6) is 0.355. The van der Waals surface area contributed by atoms with Gasteiger partial charge in [-0.1, -0.05) is 73.7 Å². The molecule has 0 bridgehead atoms. The maximum atomic E-state index is 13.6. The second kappa shape index (κ2) is 13.7. The van der Waals surface area contributed by atoms with Gasteiger partial charge < -0.3 is 10.2 Å². The molecular formula is C29H33FN2O2S. The van der Waals surface area contributed by atoms with Gasteiger partial charge in [0.2, 0.25) is 11.8 Å². The topological polar surface area (TPSA) is 49.4 Å². The van der Waals surface area contributed by atoms with Crippen LogP contribution >= 0.6 is 11.8 Å². The number of amides is 2. The van der Waals surface area contributed by atoms with Crippen LogP contribution in [0.5, 0.6) is 0 Å². The Labute approximate surface area is 211 Å². The minimum absolute atomic E-state index is 0.111. The zero-order valence-electron chi connectivity index (χ0n) is 20.4. The maximum absolute atomic E-state index is 13.6. The third kappa shape index (κ3) is 8.25. The summed E-state index contributed by atoms with van der Waals surface area (Å²) < 4.78 is 13.5. The van der Waals surface area contributed by atoms with Crippen LogP contribution < -0.4 is 5.32 Å². The summed E-state index contributed by atoms with van der Waals surface area (Å²) in [6.07, 6.45) is 1.22. The quantitative estimate of drug-likeness (QED) is 0.362. The molecule has 0 aliphatic rings. The standard InChI is InChI=1S/C29H33FN2O2S/c1-3-17-31-29(34)27(18-23-10-5-4-6-11-23)32(19-24-13-15-26(30)16-14-24)28(33)21-35-20-25-12-8-7-9-22(25)2/h4-16,27H,3,17-21H2,1-2H3,(H,31,34)/t27-/m1/s1. The molecule has 2 amide bonds. The second-order valence-corrected chi connectivity index (χ2v) is 9.55. The molecule has 0 aromatic heterocycles. The van der Waals surface area contributed by atoms with Crippen molar-refractivity contribution in [1.82, 2.24) is 10.2 Å². The molecule has 0 spiro atoms. The van der Waals surface area contributed by atoms with E-state index in [1.54, 1.807) is 28.8 Å². The fourth-order valence-corrected chi connectivity index (χ4v) is 4.80. The number of carbonyl (C=O) groups is 2. The zero-order chi connectivity index (χ0) is 25.0. The number of aryl methyl sites for hydroxylation is 1. The fraction of sp³-hybridized carbons (Fsp3) is 0.310. The molecule has 3 aromatic carbocycles. The molecule has 0 saturated carbocycles. The van der Waals surface area contributed by atoms with Gasteiger partial charge in [0, 0.05) is 25.3 Å². The second-order valence-electron chi connectivity index (χ2n) is 8.56. The molecule has 4 nitrogen and oxygen atoms in total. The van der Waals surface area contributed by atoms with Gasteiger partial charge in [0.25, 0.3) is 0 Å². The van der Waals surface area contributed by atoms with Crippen LogP contribution in [0.3, 0.4) is 0 Å². The first-order valence-corrected chi connectivity index (χ1v) is 13.1. The summed E-state index contributed by atoms with van der Waals surface area (Å²) in [5, 5.41) is 2.97. The van der Waals surface area contributed by atoms with Gasteiger partial charge in [0.15, 0.2) is 0 Å². The molecule has 184 valence electrons. The van der Waals surface area contributed by atoms with E-state index in [0.29, 0.717) is 18.7 Å². The zero-order valence-corrected chi connectivity index (χ0v) is 21.2. The van der Waals surface area contributed by atoms with Crippen molar-refractivity contribution in [2.45, 2.75) is 45.0 Å². The first-order valence-electron chi connectivity index (χ1n) is 12.0. The van der Waals surface area contributed by atoms with E-state index < -0.39 is 6.04 Å². The normalized spacial score (nSPS) is 11.6. The van der Waals surface area contributed by atoms with Crippen LogP contribution in [0.4, 0.5) is 4.39 Å². The number of hydrogen-bond donors (Lipinski definition) is 1. The molecule has 0 saturated heterocycles. The highest BCUT2D eigenvalue weighted by atomic mass is 32.2. The highest BCUT2D eigenvalue weighted by Gasteiger charge is 2.30. The van der Waals surface area contributed by atoms with Crippen LogP contribution in [0.2, 0.25) is 0 Å². The van der Waals surface area contributed by atoms with Crippen LogP contribution in [0, 0.1) is 12.7 Å². The van der Waals surface area contributed by atoms with Gasteiger partial charge in [-0.05, 0) is 47.7 Å². The smallest absolute Gasteiger partial charge is 0.243 e. The Bertz CT molecular complexity index is 1090. The molecule has 0 fully saturated rings. The van der Waals surface area contributed by atoms with Crippen molar-refractivity contribution in [1.29, 1.82) is 0 Å². The van der Waals surface area contributed by atoms with E-state index >= 15 is 0 Å². The van der Waals surface area contributed by atoms with Gasteiger partial charge in [0.1, 0.15) is 11.9 Å². The van der Waals surface area contributed by atoms with Crippen molar-refractivity contribution >= 4 is 23.6 Å². The molecule has 0 heterocycles. The fourth-order valence-electron chi connectivity index (χ4n) is 3.81. The molecule has 6 heteroatoms. The van der Waals surface area contributed by atoms with E-state index in [1.807, 2.05) is 49.4 Å². The molecule has 0 radical (unpaired) electrons. The Morgan fingerprint density at radius 3 is 2.31 bits per heavy atom. The predicted octanol–water partition coefficient (Wildman–Crippen LogP) is 5.53. The van der Waals surface area contributed by atoms with Gasteiger partial charge in [0.05, 0.1) is 5.75 Å². The largest absolute Gasteiger partial charge is 0.354 e. The SMILES string of the molecule is CCCNC(=O)[C@@H](Cc1ccccc1)N(Cc1ccc(F)cc1)C(=O)CSCc1ccccc1C. The number of thioether (sulfide) groups is 1. The van der Waals surface area contributed by atoms with Gasteiger partial charge in [-0.2, -0.15) is 0 Å². The lowest BCUT2D eigenvalue weighted by atomic mass is 10.0. The van der Waals surface area contributed by atoms with E-state index in [0.717, 1.165) is 17.5 Å². The third-order valence-corrected chi connectivity index (χ3v) is 6.80. The molecule has 3 rings (SSSR count). The number of nitrogens with one attached hydrogen (secondary N) is 1. The summed E-state index contributed by atoms with van der Waals surface area (Å²) in [7, 11) is 0. The lowest BCUT2D eigenvalue weighted by Crippen LogP contribution is -2.51. The number of hydrogen-bond acceptors (Lipinski definition) is 3. The van der Waals surface area contributed by atoms with Crippen LogP contribution in [-0.2, 0) is 28.3 Å². The number of halogens is 1. The van der Waals surface area contributed by atoms with Crippen molar-refractivity contribution in [3.05, 3.63) is 107 Å². The first-order chi connectivity index (χ1) is 17.0. The minimum Gasteiger partial charge on any atom is -0.354 e. The molecular weight excluding hydrogens is 459 g/mol. The molecule has 1 N–H and O–H groups in total. The van der Waals surface area contributed by atoms with Crippen LogP contribution in [0.15, 0.2) is 78.9 Å². The molecule has 0 aliphatic carbocycles. The molecule has 3 aromatic rings. The highest BCUT2D eigenvalue weighted by molar-refractivity contribution is 7.99. The molecule has 0 aliphatic heterocycles. The Morgan fingerprint density at radius 1 is 0.943 bits per heavy atom. The van der Waals surface area contributed by atoms with Crippen molar-refractivity contribution in [3.8, 4) is 0 Å². The lowest BCUT2D eigenvalue weighted by molar-refractivity contribution is -0.139. The number of benzene rings is 3. The van der Waals surface area contributed by atoms with E-state index in [4.69, 9.17) is 0 Å².